The first-order valence-electron chi connectivity index (χ1n) is 4.36. The second-order valence-corrected chi connectivity index (χ2v) is 4.01. The average molecular weight is 212 g/mol. The van der Waals surface area contributed by atoms with Crippen molar-refractivity contribution in [3.05, 3.63) is 23.4 Å². The summed E-state index contributed by atoms with van der Waals surface area (Å²) in [6.45, 7) is 2.01. The third-order valence-electron chi connectivity index (χ3n) is 2.12. The molecule has 1 heterocycles. The van der Waals surface area contributed by atoms with E-state index in [0.717, 1.165) is 16.9 Å². The van der Waals surface area contributed by atoms with Gasteiger partial charge in [0.05, 0.1) is 6.04 Å². The Labute approximate surface area is 88.4 Å². The lowest BCUT2D eigenvalue weighted by Gasteiger charge is -2.18. The monoisotopic (exact) mass is 212 g/mol. The number of anilines is 1. The molecule has 0 aromatic carbocycles. The largest absolute Gasteiger partial charge is 0.383 e. The van der Waals surface area contributed by atoms with Gasteiger partial charge < -0.3 is 5.73 Å². The average Bonchev–Trinajstić information content (AvgIpc) is 2.16. The van der Waals surface area contributed by atoms with Gasteiger partial charge in [-0.3, -0.25) is 11.3 Å². The Morgan fingerprint density at radius 3 is 2.86 bits per heavy atom. The highest BCUT2D eigenvalue weighted by Gasteiger charge is 2.15. The van der Waals surface area contributed by atoms with Gasteiger partial charge in [-0.25, -0.2) is 4.98 Å². The second kappa shape index (κ2) is 5.19. The molecule has 1 rings (SSSR count). The molecule has 5 N–H and O–H groups in total. The number of pyridine rings is 1. The van der Waals surface area contributed by atoms with Crippen LogP contribution in [0, 0.1) is 6.92 Å². The molecule has 0 spiro atoms. The maximum absolute atomic E-state index is 5.81. The highest BCUT2D eigenvalue weighted by molar-refractivity contribution is 7.98. The minimum Gasteiger partial charge on any atom is -0.383 e. The van der Waals surface area contributed by atoms with E-state index in [1.54, 1.807) is 18.0 Å². The molecule has 1 aromatic heterocycles. The Balaban J connectivity index is 3.02. The number of nitrogens with two attached hydrogens (primary N) is 2. The van der Waals surface area contributed by atoms with Crippen LogP contribution in [-0.4, -0.2) is 17.0 Å². The Hall–Kier alpha value is -0.780. The van der Waals surface area contributed by atoms with E-state index in [2.05, 4.69) is 10.4 Å². The standard InChI is InChI=1S/C9H16N4S/c1-6-3-4-12-9(10)8(6)7(13-11)5-14-2/h3-4,7,13H,5,11H2,1-2H3,(H2,10,12). The van der Waals surface area contributed by atoms with E-state index < -0.39 is 0 Å². The first kappa shape index (κ1) is 11.3. The summed E-state index contributed by atoms with van der Waals surface area (Å²) in [7, 11) is 0. The van der Waals surface area contributed by atoms with Crippen LogP contribution < -0.4 is 17.0 Å². The quantitative estimate of drug-likeness (QED) is 0.509. The van der Waals surface area contributed by atoms with Crippen LogP contribution in [0.2, 0.25) is 0 Å². The van der Waals surface area contributed by atoms with Gasteiger partial charge in [0, 0.05) is 17.5 Å². The van der Waals surface area contributed by atoms with Crippen molar-refractivity contribution in [2.45, 2.75) is 13.0 Å². The molecule has 0 fully saturated rings. The SMILES string of the molecule is CSCC(NN)c1c(C)ccnc1N. The van der Waals surface area contributed by atoms with Gasteiger partial charge in [0.2, 0.25) is 0 Å². The molecule has 0 bridgehead atoms. The van der Waals surface area contributed by atoms with Crippen LogP contribution in [0.15, 0.2) is 12.3 Å². The molecule has 5 heteroatoms. The van der Waals surface area contributed by atoms with E-state index in [1.165, 1.54) is 0 Å². The minimum atomic E-state index is 0.0682. The van der Waals surface area contributed by atoms with Crippen molar-refractivity contribution in [2.24, 2.45) is 5.84 Å². The number of nitrogen functional groups attached to an aromatic ring is 1. The summed E-state index contributed by atoms with van der Waals surface area (Å²) < 4.78 is 0. The topological polar surface area (TPSA) is 77.0 Å². The second-order valence-electron chi connectivity index (χ2n) is 3.10. The summed E-state index contributed by atoms with van der Waals surface area (Å²) in [4.78, 5) is 4.06. The fourth-order valence-electron chi connectivity index (χ4n) is 1.43. The van der Waals surface area contributed by atoms with Gasteiger partial charge in [0.15, 0.2) is 0 Å². The van der Waals surface area contributed by atoms with Crippen molar-refractivity contribution in [2.75, 3.05) is 17.7 Å². The normalized spacial score (nSPS) is 12.8. The molecule has 0 aliphatic rings. The fourth-order valence-corrected chi connectivity index (χ4v) is 2.02. The van der Waals surface area contributed by atoms with Crippen LogP contribution in [0.1, 0.15) is 17.2 Å². The summed E-state index contributed by atoms with van der Waals surface area (Å²) in [6.07, 6.45) is 3.74. The first-order chi connectivity index (χ1) is 6.70. The molecule has 4 nitrogen and oxygen atoms in total. The molecular formula is C9H16N4S. The number of hydrogen-bond donors (Lipinski definition) is 3. The predicted molar refractivity (Wildman–Crippen MR) is 61.8 cm³/mol. The van der Waals surface area contributed by atoms with Crippen LogP contribution in [-0.2, 0) is 0 Å². The van der Waals surface area contributed by atoms with Crippen LogP contribution >= 0.6 is 11.8 Å². The zero-order chi connectivity index (χ0) is 10.6. The zero-order valence-electron chi connectivity index (χ0n) is 8.45. The summed E-state index contributed by atoms with van der Waals surface area (Å²) in [5, 5.41) is 0. The van der Waals surface area contributed by atoms with Crippen molar-refractivity contribution in [1.29, 1.82) is 0 Å². The minimum absolute atomic E-state index is 0.0682. The van der Waals surface area contributed by atoms with Crippen molar-refractivity contribution >= 4 is 17.6 Å². The number of aryl methyl sites for hydroxylation is 1. The number of nitrogens with one attached hydrogen (secondary N) is 1. The van der Waals surface area contributed by atoms with Gasteiger partial charge in [0.25, 0.3) is 0 Å². The van der Waals surface area contributed by atoms with Crippen LogP contribution in [0.4, 0.5) is 5.82 Å². The zero-order valence-corrected chi connectivity index (χ0v) is 9.27. The van der Waals surface area contributed by atoms with Gasteiger partial charge in [-0.05, 0) is 24.8 Å². The Kier molecular flexibility index (Phi) is 4.19. The van der Waals surface area contributed by atoms with Crippen LogP contribution in [0.3, 0.4) is 0 Å². The molecule has 0 amide bonds. The van der Waals surface area contributed by atoms with Crippen LogP contribution in [0.25, 0.3) is 0 Å². The van der Waals surface area contributed by atoms with Crippen molar-refractivity contribution in [1.82, 2.24) is 10.4 Å². The first-order valence-corrected chi connectivity index (χ1v) is 5.76. The number of nitrogens with zero attached hydrogens (tertiary/aromatic N) is 1. The number of hydrogen-bond acceptors (Lipinski definition) is 5. The number of thioether (sulfide) groups is 1. The summed E-state index contributed by atoms with van der Waals surface area (Å²) in [5.41, 5.74) is 10.7. The molecule has 14 heavy (non-hydrogen) atoms. The lowest BCUT2D eigenvalue weighted by molar-refractivity contribution is 0.608. The molecule has 1 atom stereocenters. The molecule has 78 valence electrons. The molecule has 0 aliphatic heterocycles. The highest BCUT2D eigenvalue weighted by atomic mass is 32.2. The molecule has 1 unspecified atom stereocenters. The van der Waals surface area contributed by atoms with E-state index in [-0.39, 0.29) is 6.04 Å². The molecule has 0 radical (unpaired) electrons. The van der Waals surface area contributed by atoms with E-state index in [1.807, 2.05) is 19.2 Å². The Morgan fingerprint density at radius 1 is 1.64 bits per heavy atom. The maximum atomic E-state index is 5.81. The molecule has 1 aromatic rings. The van der Waals surface area contributed by atoms with Gasteiger partial charge >= 0.3 is 0 Å². The summed E-state index contributed by atoms with van der Waals surface area (Å²) in [6, 6.07) is 2.01. The molecule has 0 aliphatic carbocycles. The lowest BCUT2D eigenvalue weighted by Crippen LogP contribution is -2.31. The third kappa shape index (κ3) is 2.37. The van der Waals surface area contributed by atoms with Crippen LogP contribution in [0.5, 0.6) is 0 Å². The van der Waals surface area contributed by atoms with Crippen molar-refractivity contribution in [3.8, 4) is 0 Å². The fraction of sp³-hybridized carbons (Fsp3) is 0.444. The van der Waals surface area contributed by atoms with Gasteiger partial charge in [-0.1, -0.05) is 0 Å². The number of hydrazine groups is 1. The lowest BCUT2D eigenvalue weighted by atomic mass is 10.0. The van der Waals surface area contributed by atoms with Gasteiger partial charge in [0.1, 0.15) is 5.82 Å². The van der Waals surface area contributed by atoms with E-state index in [9.17, 15) is 0 Å². The molecular weight excluding hydrogens is 196 g/mol. The molecule has 0 saturated carbocycles. The summed E-state index contributed by atoms with van der Waals surface area (Å²) >= 11 is 1.72. The van der Waals surface area contributed by atoms with Crippen molar-refractivity contribution in [3.63, 3.8) is 0 Å². The Morgan fingerprint density at radius 2 is 2.36 bits per heavy atom. The summed E-state index contributed by atoms with van der Waals surface area (Å²) in [5.74, 6) is 6.92. The van der Waals surface area contributed by atoms with E-state index in [4.69, 9.17) is 11.6 Å². The number of rotatable bonds is 4. The molecule has 0 saturated heterocycles. The third-order valence-corrected chi connectivity index (χ3v) is 2.79. The highest BCUT2D eigenvalue weighted by Crippen LogP contribution is 2.23. The number of aromatic nitrogens is 1. The van der Waals surface area contributed by atoms with Crippen molar-refractivity contribution < 1.29 is 0 Å². The van der Waals surface area contributed by atoms with E-state index in [0.29, 0.717) is 5.82 Å². The van der Waals surface area contributed by atoms with Gasteiger partial charge in [-0.15, -0.1) is 0 Å². The smallest absolute Gasteiger partial charge is 0.128 e. The van der Waals surface area contributed by atoms with E-state index >= 15 is 0 Å². The van der Waals surface area contributed by atoms with Gasteiger partial charge in [-0.2, -0.15) is 11.8 Å². The Bertz CT molecular complexity index is 283. The maximum Gasteiger partial charge on any atom is 0.128 e. The predicted octanol–water partition coefficient (Wildman–Crippen LogP) is 0.840.